The smallest absolute Gasteiger partial charge is 0.228 e. The van der Waals surface area contributed by atoms with Gasteiger partial charge in [0, 0.05) is 11.7 Å². The van der Waals surface area contributed by atoms with Gasteiger partial charge in [0.05, 0.1) is 17.1 Å². The van der Waals surface area contributed by atoms with Gasteiger partial charge >= 0.3 is 0 Å². The van der Waals surface area contributed by atoms with Gasteiger partial charge in [-0.05, 0) is 48.8 Å². The Balaban J connectivity index is 1.78. The summed E-state index contributed by atoms with van der Waals surface area (Å²) in [5, 5.41) is 7.11. The molecule has 4 heteroatoms. The molecule has 1 aromatic rings. The number of hydrogen-bond acceptors (Lipinski definition) is 2. The van der Waals surface area contributed by atoms with Crippen molar-refractivity contribution in [3.05, 3.63) is 22.7 Å². The molecule has 3 nitrogen and oxygen atoms in total. The lowest BCUT2D eigenvalue weighted by molar-refractivity contribution is -0.115. The number of halogens is 1. The van der Waals surface area contributed by atoms with Gasteiger partial charge in [0.15, 0.2) is 0 Å². The lowest BCUT2D eigenvalue weighted by Gasteiger charge is -2.33. The van der Waals surface area contributed by atoms with Crippen molar-refractivity contribution >= 4 is 28.9 Å². The van der Waals surface area contributed by atoms with Gasteiger partial charge in [-0.25, -0.2) is 0 Å². The number of rotatable bonds is 2. The summed E-state index contributed by atoms with van der Waals surface area (Å²) in [5.41, 5.74) is 2.86. The number of benzene rings is 1. The molecule has 20 heavy (non-hydrogen) atoms. The third-order valence-corrected chi connectivity index (χ3v) is 4.67. The number of carbonyl (C=O) groups is 1. The lowest BCUT2D eigenvalue weighted by atomic mass is 9.80. The Morgan fingerprint density at radius 1 is 1.20 bits per heavy atom. The molecule has 1 amide bonds. The molecule has 2 unspecified atom stereocenters. The molecule has 1 aliphatic heterocycles. The van der Waals surface area contributed by atoms with Gasteiger partial charge in [0.2, 0.25) is 5.91 Å². The highest BCUT2D eigenvalue weighted by molar-refractivity contribution is 6.33. The molecule has 0 bridgehead atoms. The monoisotopic (exact) mass is 292 g/mol. The zero-order valence-electron chi connectivity index (χ0n) is 12.0. The lowest BCUT2D eigenvalue weighted by Crippen LogP contribution is -2.30. The van der Waals surface area contributed by atoms with Crippen molar-refractivity contribution in [3.63, 3.8) is 0 Å². The highest BCUT2D eigenvalue weighted by Crippen LogP contribution is 2.36. The zero-order valence-corrected chi connectivity index (χ0v) is 12.8. The summed E-state index contributed by atoms with van der Waals surface area (Å²) in [7, 11) is 0. The maximum Gasteiger partial charge on any atom is 0.228 e. The van der Waals surface area contributed by atoms with E-state index in [2.05, 4.69) is 24.5 Å². The first-order valence-corrected chi connectivity index (χ1v) is 7.78. The third kappa shape index (κ3) is 2.78. The highest BCUT2D eigenvalue weighted by atomic mass is 35.5. The van der Waals surface area contributed by atoms with Gasteiger partial charge in [-0.2, -0.15) is 0 Å². The summed E-state index contributed by atoms with van der Waals surface area (Å²) >= 11 is 6.33. The van der Waals surface area contributed by atoms with E-state index in [1.807, 2.05) is 12.1 Å². The maximum atomic E-state index is 11.4. The predicted molar refractivity (Wildman–Crippen MR) is 83.4 cm³/mol. The molecular formula is C16H21ClN2O. The van der Waals surface area contributed by atoms with Crippen molar-refractivity contribution in [2.45, 2.75) is 45.6 Å². The van der Waals surface area contributed by atoms with Crippen LogP contribution in [0.4, 0.5) is 11.4 Å². The van der Waals surface area contributed by atoms with Crippen LogP contribution >= 0.6 is 11.6 Å². The molecule has 0 saturated heterocycles. The summed E-state index contributed by atoms with van der Waals surface area (Å²) in [6.07, 6.45) is 4.15. The first kappa shape index (κ1) is 13.7. The van der Waals surface area contributed by atoms with Gasteiger partial charge < -0.3 is 10.6 Å². The molecule has 2 N–H and O–H groups in total. The van der Waals surface area contributed by atoms with Crippen molar-refractivity contribution in [3.8, 4) is 0 Å². The molecule has 1 heterocycles. The topological polar surface area (TPSA) is 41.1 Å². The summed E-state index contributed by atoms with van der Waals surface area (Å²) in [4.78, 5) is 11.4. The molecule has 0 aromatic heterocycles. The molecular weight excluding hydrogens is 272 g/mol. The van der Waals surface area contributed by atoms with Crippen molar-refractivity contribution in [1.29, 1.82) is 0 Å². The second kappa shape index (κ2) is 5.28. The Hall–Kier alpha value is -1.22. The molecule has 2 aliphatic rings. The Bertz CT molecular complexity index is 534. The number of amides is 1. The Kier molecular flexibility index (Phi) is 3.63. The Labute approximate surface area is 125 Å². The number of nitrogens with one attached hydrogen (secondary N) is 2. The Morgan fingerprint density at radius 2 is 1.90 bits per heavy atom. The quantitative estimate of drug-likeness (QED) is 0.862. The first-order valence-electron chi connectivity index (χ1n) is 7.40. The normalized spacial score (nSPS) is 28.9. The summed E-state index contributed by atoms with van der Waals surface area (Å²) < 4.78 is 0. The largest absolute Gasteiger partial charge is 0.381 e. The molecule has 1 fully saturated rings. The second-order valence-corrected chi connectivity index (χ2v) is 6.88. The van der Waals surface area contributed by atoms with Crippen LogP contribution in [-0.4, -0.2) is 11.9 Å². The van der Waals surface area contributed by atoms with Crippen molar-refractivity contribution < 1.29 is 4.79 Å². The van der Waals surface area contributed by atoms with Gasteiger partial charge in [0.1, 0.15) is 0 Å². The van der Waals surface area contributed by atoms with E-state index < -0.39 is 0 Å². The minimum Gasteiger partial charge on any atom is -0.381 e. The van der Waals surface area contributed by atoms with Crippen LogP contribution < -0.4 is 10.6 Å². The van der Waals surface area contributed by atoms with Gasteiger partial charge in [0.25, 0.3) is 0 Å². The molecule has 1 aliphatic carbocycles. The minimum absolute atomic E-state index is 0.0492. The van der Waals surface area contributed by atoms with E-state index in [0.29, 0.717) is 17.5 Å². The second-order valence-electron chi connectivity index (χ2n) is 6.47. The van der Waals surface area contributed by atoms with Gasteiger partial charge in [-0.3, -0.25) is 4.79 Å². The number of carbonyl (C=O) groups excluding carboxylic acids is 1. The van der Waals surface area contributed by atoms with Gasteiger partial charge in [-0.15, -0.1) is 0 Å². The van der Waals surface area contributed by atoms with E-state index in [0.717, 1.165) is 28.8 Å². The maximum absolute atomic E-state index is 11.4. The third-order valence-electron chi connectivity index (χ3n) is 4.36. The molecule has 0 radical (unpaired) electrons. The van der Waals surface area contributed by atoms with Crippen molar-refractivity contribution in [2.24, 2.45) is 11.8 Å². The van der Waals surface area contributed by atoms with Crippen LogP contribution in [0.2, 0.25) is 5.02 Å². The van der Waals surface area contributed by atoms with Crippen molar-refractivity contribution in [2.75, 3.05) is 10.6 Å². The summed E-state index contributed by atoms with van der Waals surface area (Å²) in [6, 6.07) is 4.37. The zero-order chi connectivity index (χ0) is 14.3. The van der Waals surface area contributed by atoms with E-state index in [1.165, 1.54) is 19.3 Å². The molecule has 1 saturated carbocycles. The van der Waals surface area contributed by atoms with Gasteiger partial charge in [-0.1, -0.05) is 25.4 Å². The fourth-order valence-corrected chi connectivity index (χ4v) is 3.86. The number of anilines is 2. The van der Waals surface area contributed by atoms with E-state index >= 15 is 0 Å². The predicted octanol–water partition coefficient (Wildman–Crippen LogP) is 4.07. The number of fused-ring (bicyclic) bond motifs is 1. The number of hydrogen-bond donors (Lipinski definition) is 2. The van der Waals surface area contributed by atoms with Crippen LogP contribution in [0.15, 0.2) is 12.1 Å². The van der Waals surface area contributed by atoms with Crippen molar-refractivity contribution in [1.82, 2.24) is 0 Å². The average molecular weight is 293 g/mol. The first-order chi connectivity index (χ1) is 9.51. The fraction of sp³-hybridized carbons (Fsp3) is 0.562. The highest BCUT2D eigenvalue weighted by Gasteiger charge is 2.25. The van der Waals surface area contributed by atoms with E-state index in [4.69, 9.17) is 11.6 Å². The SMILES string of the molecule is CC1CC(C)CC(Nc2cc3c(cc2Cl)NC(=O)C3)C1. The molecule has 3 rings (SSSR count). The molecule has 2 atom stereocenters. The van der Waals surface area contributed by atoms with E-state index in [9.17, 15) is 4.79 Å². The Morgan fingerprint density at radius 3 is 2.60 bits per heavy atom. The standard InChI is InChI=1S/C16H21ClN2O/c1-9-3-10(2)5-12(4-9)18-15-6-11-7-16(20)19-14(11)8-13(15)17/h6,8-10,12,18H,3-5,7H2,1-2H3,(H,19,20). The van der Waals surface area contributed by atoms with Crippen LogP contribution in [0.1, 0.15) is 38.7 Å². The molecule has 108 valence electrons. The van der Waals surface area contributed by atoms with Crippen LogP contribution in [0, 0.1) is 11.8 Å². The minimum atomic E-state index is 0.0492. The fourth-order valence-electron chi connectivity index (χ4n) is 3.64. The van der Waals surface area contributed by atoms with Crippen LogP contribution in [0.25, 0.3) is 0 Å². The van der Waals surface area contributed by atoms with Crippen LogP contribution in [0.3, 0.4) is 0 Å². The molecule has 0 spiro atoms. The summed E-state index contributed by atoms with van der Waals surface area (Å²) in [5.74, 6) is 1.56. The molecule has 1 aromatic carbocycles. The average Bonchev–Trinajstić information content (AvgIpc) is 2.67. The van der Waals surface area contributed by atoms with Crippen LogP contribution in [0.5, 0.6) is 0 Å². The van der Waals surface area contributed by atoms with E-state index in [-0.39, 0.29) is 5.91 Å². The summed E-state index contributed by atoms with van der Waals surface area (Å²) in [6.45, 7) is 4.63. The van der Waals surface area contributed by atoms with Crippen LogP contribution in [-0.2, 0) is 11.2 Å². The van der Waals surface area contributed by atoms with E-state index in [1.54, 1.807) is 0 Å².